The summed E-state index contributed by atoms with van der Waals surface area (Å²) in [5, 5.41) is 10.9. The van der Waals surface area contributed by atoms with Crippen LogP contribution in [-0.4, -0.2) is 11.2 Å². The van der Waals surface area contributed by atoms with Gasteiger partial charge in [-0.05, 0) is 54.8 Å². The second kappa shape index (κ2) is 2.85. The summed E-state index contributed by atoms with van der Waals surface area (Å²) in [6.45, 7) is 9.41. The summed E-state index contributed by atoms with van der Waals surface area (Å²) >= 11 is 0. The monoisotopic (exact) mass is 222 g/mol. The van der Waals surface area contributed by atoms with E-state index in [0.29, 0.717) is 5.41 Å². The first kappa shape index (κ1) is 11.1. The normalized spacial score (nSPS) is 58.7. The standard InChI is InChI=1S/C15H26O/c1-10-5-8-15-11(10)6-7-14(15,4)9-13(2,3)12(15)16/h10-12,16H,5-9H2,1-4H3. The number of aliphatic hydroxyl groups excluding tert-OH is 1. The van der Waals surface area contributed by atoms with Crippen molar-refractivity contribution in [1.29, 1.82) is 0 Å². The lowest BCUT2D eigenvalue weighted by atomic mass is 9.64. The number of hydrogen-bond acceptors (Lipinski definition) is 1. The van der Waals surface area contributed by atoms with E-state index in [-0.39, 0.29) is 16.9 Å². The molecule has 3 aliphatic rings. The molecule has 3 aliphatic carbocycles. The van der Waals surface area contributed by atoms with Crippen LogP contribution in [0.1, 0.15) is 59.8 Å². The first-order valence-corrected chi connectivity index (χ1v) is 7.02. The Labute approximate surface area is 99.6 Å². The lowest BCUT2D eigenvalue weighted by molar-refractivity contribution is -0.0497. The Bertz CT molecular complexity index is 321. The zero-order valence-electron chi connectivity index (χ0n) is 11.2. The summed E-state index contributed by atoms with van der Waals surface area (Å²) in [4.78, 5) is 0. The van der Waals surface area contributed by atoms with Gasteiger partial charge in [-0.15, -0.1) is 0 Å². The van der Waals surface area contributed by atoms with Gasteiger partial charge in [0.25, 0.3) is 0 Å². The molecule has 1 nitrogen and oxygen atoms in total. The summed E-state index contributed by atoms with van der Waals surface area (Å²) in [5.74, 6) is 1.64. The minimum Gasteiger partial charge on any atom is -0.392 e. The first-order valence-electron chi connectivity index (χ1n) is 7.02. The lowest BCUT2D eigenvalue weighted by Crippen LogP contribution is -2.43. The van der Waals surface area contributed by atoms with Crippen LogP contribution in [-0.2, 0) is 0 Å². The Morgan fingerprint density at radius 3 is 2.44 bits per heavy atom. The van der Waals surface area contributed by atoms with E-state index in [2.05, 4.69) is 27.7 Å². The Morgan fingerprint density at radius 2 is 1.75 bits per heavy atom. The van der Waals surface area contributed by atoms with E-state index in [1.54, 1.807) is 0 Å². The Morgan fingerprint density at radius 1 is 1.06 bits per heavy atom. The van der Waals surface area contributed by atoms with E-state index < -0.39 is 0 Å². The average molecular weight is 222 g/mol. The molecule has 0 aromatic heterocycles. The molecule has 0 bridgehead atoms. The quantitative estimate of drug-likeness (QED) is 0.664. The minimum atomic E-state index is -0.0672. The molecule has 5 atom stereocenters. The molecule has 3 fully saturated rings. The second-order valence-electron chi connectivity index (χ2n) is 7.83. The van der Waals surface area contributed by atoms with Gasteiger partial charge in [-0.2, -0.15) is 0 Å². The topological polar surface area (TPSA) is 20.2 Å². The summed E-state index contributed by atoms with van der Waals surface area (Å²) in [6, 6.07) is 0. The molecule has 1 heteroatoms. The van der Waals surface area contributed by atoms with Crippen molar-refractivity contribution >= 4 is 0 Å². The molecule has 0 aromatic rings. The van der Waals surface area contributed by atoms with E-state index in [9.17, 15) is 5.11 Å². The smallest absolute Gasteiger partial charge is 0.0655 e. The SMILES string of the molecule is CC1CCC23C1CCC2(C)CC(C)(C)C3O. The van der Waals surface area contributed by atoms with Crippen LogP contribution in [0.15, 0.2) is 0 Å². The van der Waals surface area contributed by atoms with Crippen LogP contribution in [0.25, 0.3) is 0 Å². The summed E-state index contributed by atoms with van der Waals surface area (Å²) < 4.78 is 0. The van der Waals surface area contributed by atoms with Gasteiger partial charge >= 0.3 is 0 Å². The number of aliphatic hydroxyl groups is 1. The summed E-state index contributed by atoms with van der Waals surface area (Å²) in [7, 11) is 0. The number of hydrogen-bond donors (Lipinski definition) is 1. The Kier molecular flexibility index (Phi) is 1.98. The minimum absolute atomic E-state index is 0.0672. The van der Waals surface area contributed by atoms with Crippen molar-refractivity contribution in [3.8, 4) is 0 Å². The van der Waals surface area contributed by atoms with Gasteiger partial charge in [-0.1, -0.05) is 27.7 Å². The van der Waals surface area contributed by atoms with Crippen molar-refractivity contribution in [3.05, 3.63) is 0 Å². The molecule has 3 saturated carbocycles. The van der Waals surface area contributed by atoms with Gasteiger partial charge in [0, 0.05) is 5.41 Å². The predicted molar refractivity (Wildman–Crippen MR) is 66.1 cm³/mol. The van der Waals surface area contributed by atoms with Crippen molar-refractivity contribution in [1.82, 2.24) is 0 Å². The van der Waals surface area contributed by atoms with Crippen molar-refractivity contribution in [3.63, 3.8) is 0 Å². The van der Waals surface area contributed by atoms with E-state index in [4.69, 9.17) is 0 Å². The van der Waals surface area contributed by atoms with Crippen LogP contribution < -0.4 is 0 Å². The maximum atomic E-state index is 10.9. The molecule has 1 N–H and O–H groups in total. The summed E-state index contributed by atoms with van der Waals surface area (Å²) in [6.07, 6.45) is 6.49. The van der Waals surface area contributed by atoms with Gasteiger partial charge in [0.05, 0.1) is 6.10 Å². The van der Waals surface area contributed by atoms with Crippen molar-refractivity contribution < 1.29 is 5.11 Å². The maximum Gasteiger partial charge on any atom is 0.0655 e. The molecular weight excluding hydrogens is 196 g/mol. The largest absolute Gasteiger partial charge is 0.392 e. The van der Waals surface area contributed by atoms with Crippen LogP contribution in [0, 0.1) is 28.1 Å². The summed E-state index contributed by atoms with van der Waals surface area (Å²) in [5.41, 5.74) is 0.832. The van der Waals surface area contributed by atoms with Gasteiger partial charge in [0.15, 0.2) is 0 Å². The predicted octanol–water partition coefficient (Wildman–Crippen LogP) is 3.61. The first-order chi connectivity index (χ1) is 7.33. The highest BCUT2D eigenvalue weighted by atomic mass is 16.3. The van der Waals surface area contributed by atoms with E-state index in [0.717, 1.165) is 11.8 Å². The molecule has 92 valence electrons. The van der Waals surface area contributed by atoms with Crippen molar-refractivity contribution in [2.45, 2.75) is 65.9 Å². The molecule has 0 saturated heterocycles. The Hall–Kier alpha value is -0.0400. The third-order valence-electron chi connectivity index (χ3n) is 6.57. The third-order valence-corrected chi connectivity index (χ3v) is 6.57. The molecule has 3 rings (SSSR count). The zero-order chi connectivity index (χ0) is 11.8. The average Bonchev–Trinajstić information content (AvgIpc) is 2.68. The van der Waals surface area contributed by atoms with Crippen LogP contribution >= 0.6 is 0 Å². The molecule has 0 amide bonds. The second-order valence-corrected chi connectivity index (χ2v) is 7.83. The molecule has 1 spiro atoms. The zero-order valence-corrected chi connectivity index (χ0v) is 11.2. The number of rotatable bonds is 0. The third kappa shape index (κ3) is 0.978. The molecule has 0 heterocycles. The molecule has 16 heavy (non-hydrogen) atoms. The maximum absolute atomic E-state index is 10.9. The highest BCUT2D eigenvalue weighted by molar-refractivity contribution is 5.20. The van der Waals surface area contributed by atoms with Gasteiger partial charge in [0.2, 0.25) is 0 Å². The molecular formula is C15H26O. The van der Waals surface area contributed by atoms with E-state index in [1.165, 1.54) is 32.1 Å². The van der Waals surface area contributed by atoms with Gasteiger partial charge in [-0.3, -0.25) is 0 Å². The lowest BCUT2D eigenvalue weighted by Gasteiger charge is -2.42. The molecule has 0 aromatic carbocycles. The Balaban J connectivity index is 2.10. The van der Waals surface area contributed by atoms with Crippen molar-refractivity contribution in [2.75, 3.05) is 0 Å². The van der Waals surface area contributed by atoms with Crippen LogP contribution in [0.4, 0.5) is 0 Å². The fourth-order valence-electron chi connectivity index (χ4n) is 6.08. The fourth-order valence-corrected chi connectivity index (χ4v) is 6.08. The van der Waals surface area contributed by atoms with E-state index >= 15 is 0 Å². The molecule has 5 unspecified atom stereocenters. The van der Waals surface area contributed by atoms with E-state index in [1.807, 2.05) is 0 Å². The highest BCUT2D eigenvalue weighted by Gasteiger charge is 2.71. The van der Waals surface area contributed by atoms with Gasteiger partial charge in [-0.25, -0.2) is 0 Å². The fraction of sp³-hybridized carbons (Fsp3) is 1.00. The van der Waals surface area contributed by atoms with Crippen molar-refractivity contribution in [2.24, 2.45) is 28.1 Å². The van der Waals surface area contributed by atoms with Crippen LogP contribution in [0.3, 0.4) is 0 Å². The highest BCUT2D eigenvalue weighted by Crippen LogP contribution is 2.75. The molecule has 0 radical (unpaired) electrons. The van der Waals surface area contributed by atoms with Crippen LogP contribution in [0.2, 0.25) is 0 Å². The van der Waals surface area contributed by atoms with Crippen LogP contribution in [0.5, 0.6) is 0 Å². The molecule has 0 aliphatic heterocycles. The van der Waals surface area contributed by atoms with Gasteiger partial charge in [0.1, 0.15) is 0 Å². The van der Waals surface area contributed by atoms with Gasteiger partial charge < -0.3 is 5.11 Å².